The van der Waals surface area contributed by atoms with Gasteiger partial charge in [-0.25, -0.2) is 4.39 Å². The summed E-state index contributed by atoms with van der Waals surface area (Å²) in [6.45, 7) is 1.72. The molecule has 0 saturated carbocycles. The molecule has 0 atom stereocenters. The van der Waals surface area contributed by atoms with Crippen molar-refractivity contribution in [2.24, 2.45) is 0 Å². The van der Waals surface area contributed by atoms with Crippen LogP contribution in [0.5, 0.6) is 0 Å². The molecule has 2 nitrogen and oxygen atoms in total. The van der Waals surface area contributed by atoms with Crippen LogP contribution >= 0.6 is 0 Å². The van der Waals surface area contributed by atoms with Crippen LogP contribution < -0.4 is 5.43 Å². The van der Waals surface area contributed by atoms with Gasteiger partial charge in [-0.05, 0) is 24.6 Å². The third kappa shape index (κ3) is 1.83. The first kappa shape index (κ1) is 11.7. The molecule has 3 aromatic rings. The van der Waals surface area contributed by atoms with Crippen molar-refractivity contribution in [3.63, 3.8) is 0 Å². The lowest BCUT2D eigenvalue weighted by Gasteiger charge is -2.09. The van der Waals surface area contributed by atoms with Gasteiger partial charge in [0.15, 0.2) is 5.43 Å². The summed E-state index contributed by atoms with van der Waals surface area (Å²) in [6, 6.07) is 14.2. The van der Waals surface area contributed by atoms with E-state index in [4.69, 9.17) is 0 Å². The van der Waals surface area contributed by atoms with Crippen LogP contribution in [0, 0.1) is 12.7 Å². The minimum absolute atomic E-state index is 0.125. The summed E-state index contributed by atoms with van der Waals surface area (Å²) in [4.78, 5) is 15.4. The van der Waals surface area contributed by atoms with E-state index in [-0.39, 0.29) is 10.8 Å². The number of rotatable bonds is 1. The molecule has 0 bridgehead atoms. The summed E-state index contributed by atoms with van der Waals surface area (Å²) in [5.41, 5.74) is 2.45. The van der Waals surface area contributed by atoms with Crippen LogP contribution in [0.25, 0.3) is 22.2 Å². The van der Waals surface area contributed by atoms with Gasteiger partial charge < -0.3 is 4.98 Å². The van der Waals surface area contributed by atoms with E-state index in [0.717, 1.165) is 11.3 Å². The molecule has 0 radical (unpaired) electrons. The van der Waals surface area contributed by atoms with E-state index in [1.54, 1.807) is 19.1 Å². The van der Waals surface area contributed by atoms with Crippen LogP contribution in [0.1, 0.15) is 5.56 Å². The monoisotopic (exact) mass is 253 g/mol. The standard InChI is InChI=1S/C16H12FNO/c1-10-15(11-6-3-2-4-7-11)18-13-9-5-8-12(17)14(13)16(10)19/h2-9H,1H3,(H,18,19). The van der Waals surface area contributed by atoms with Crippen molar-refractivity contribution in [1.29, 1.82) is 0 Å². The maximum Gasteiger partial charge on any atom is 0.195 e. The largest absolute Gasteiger partial charge is 0.354 e. The van der Waals surface area contributed by atoms with Gasteiger partial charge in [-0.1, -0.05) is 36.4 Å². The van der Waals surface area contributed by atoms with Crippen LogP contribution in [-0.2, 0) is 0 Å². The van der Waals surface area contributed by atoms with Crippen LogP contribution in [0.2, 0.25) is 0 Å². The minimum atomic E-state index is -0.485. The lowest BCUT2D eigenvalue weighted by molar-refractivity contribution is 0.639. The highest BCUT2D eigenvalue weighted by atomic mass is 19.1. The molecule has 19 heavy (non-hydrogen) atoms. The Labute approximate surface area is 109 Å². The van der Waals surface area contributed by atoms with Crippen LogP contribution in [0.15, 0.2) is 53.3 Å². The van der Waals surface area contributed by atoms with E-state index < -0.39 is 5.82 Å². The SMILES string of the molecule is Cc1c(-c2ccccc2)[nH]c2cccc(F)c2c1=O. The predicted octanol–water partition coefficient (Wildman–Crippen LogP) is 3.64. The van der Waals surface area contributed by atoms with Gasteiger partial charge in [0.05, 0.1) is 16.6 Å². The Hall–Kier alpha value is -2.42. The van der Waals surface area contributed by atoms with Crippen molar-refractivity contribution in [3.05, 3.63) is 70.1 Å². The maximum atomic E-state index is 13.7. The Morgan fingerprint density at radius 2 is 1.74 bits per heavy atom. The van der Waals surface area contributed by atoms with Gasteiger partial charge >= 0.3 is 0 Å². The molecule has 3 rings (SSSR count). The van der Waals surface area contributed by atoms with Gasteiger partial charge in [0, 0.05) is 5.56 Å². The topological polar surface area (TPSA) is 32.9 Å². The van der Waals surface area contributed by atoms with E-state index in [9.17, 15) is 9.18 Å². The highest BCUT2D eigenvalue weighted by Gasteiger charge is 2.12. The molecule has 1 aromatic heterocycles. The van der Waals surface area contributed by atoms with Crippen molar-refractivity contribution in [1.82, 2.24) is 4.98 Å². The molecule has 0 spiro atoms. The fourth-order valence-corrected chi connectivity index (χ4v) is 2.28. The molecular weight excluding hydrogens is 241 g/mol. The Balaban J connectivity index is 2.41. The molecule has 3 heteroatoms. The third-order valence-electron chi connectivity index (χ3n) is 3.28. The summed E-state index contributed by atoms with van der Waals surface area (Å²) < 4.78 is 13.7. The average molecular weight is 253 g/mol. The molecule has 94 valence electrons. The molecule has 0 aliphatic rings. The molecule has 1 heterocycles. The second-order valence-corrected chi connectivity index (χ2v) is 4.48. The number of nitrogens with one attached hydrogen (secondary N) is 1. The lowest BCUT2D eigenvalue weighted by atomic mass is 10.0. The smallest absolute Gasteiger partial charge is 0.195 e. The fraction of sp³-hybridized carbons (Fsp3) is 0.0625. The molecule has 0 amide bonds. The minimum Gasteiger partial charge on any atom is -0.354 e. The number of aromatic amines is 1. The number of H-pyrrole nitrogens is 1. The molecule has 0 fully saturated rings. The van der Waals surface area contributed by atoms with Crippen molar-refractivity contribution < 1.29 is 4.39 Å². The number of hydrogen-bond donors (Lipinski definition) is 1. The number of aromatic nitrogens is 1. The third-order valence-corrected chi connectivity index (χ3v) is 3.28. The number of halogens is 1. The number of fused-ring (bicyclic) bond motifs is 1. The summed E-state index contributed by atoms with van der Waals surface area (Å²) in [7, 11) is 0. The molecule has 0 aliphatic carbocycles. The van der Waals surface area contributed by atoms with Gasteiger partial charge in [0.25, 0.3) is 0 Å². The average Bonchev–Trinajstić information content (AvgIpc) is 2.43. The number of pyridine rings is 1. The van der Waals surface area contributed by atoms with Crippen molar-refractivity contribution in [2.45, 2.75) is 6.92 Å². The van der Waals surface area contributed by atoms with Crippen LogP contribution in [0.3, 0.4) is 0 Å². The Kier molecular flexibility index (Phi) is 2.67. The first-order valence-electron chi connectivity index (χ1n) is 6.05. The molecule has 0 aliphatic heterocycles. The molecule has 0 unspecified atom stereocenters. The summed E-state index contributed by atoms with van der Waals surface area (Å²) in [5.74, 6) is -0.485. The predicted molar refractivity (Wildman–Crippen MR) is 74.7 cm³/mol. The van der Waals surface area contributed by atoms with Gasteiger partial charge in [0.2, 0.25) is 0 Å². The van der Waals surface area contributed by atoms with Gasteiger partial charge in [-0.3, -0.25) is 4.79 Å². The van der Waals surface area contributed by atoms with E-state index in [1.807, 2.05) is 30.3 Å². The van der Waals surface area contributed by atoms with Crippen molar-refractivity contribution in [3.8, 4) is 11.3 Å². The van der Waals surface area contributed by atoms with Crippen LogP contribution in [0.4, 0.5) is 4.39 Å². The summed E-state index contributed by atoms with van der Waals surface area (Å²) in [6.07, 6.45) is 0. The summed E-state index contributed by atoms with van der Waals surface area (Å²) in [5, 5.41) is 0.125. The summed E-state index contributed by atoms with van der Waals surface area (Å²) >= 11 is 0. The first-order valence-corrected chi connectivity index (χ1v) is 6.05. The Bertz CT molecular complexity index is 806. The van der Waals surface area contributed by atoms with E-state index in [2.05, 4.69) is 4.98 Å². The normalized spacial score (nSPS) is 10.8. The fourth-order valence-electron chi connectivity index (χ4n) is 2.28. The molecular formula is C16H12FNO. The van der Waals surface area contributed by atoms with E-state index >= 15 is 0 Å². The zero-order valence-electron chi connectivity index (χ0n) is 10.4. The van der Waals surface area contributed by atoms with E-state index in [0.29, 0.717) is 11.1 Å². The molecule has 0 saturated heterocycles. The van der Waals surface area contributed by atoms with Gasteiger partial charge in [-0.15, -0.1) is 0 Å². The maximum absolute atomic E-state index is 13.7. The second kappa shape index (κ2) is 4.35. The second-order valence-electron chi connectivity index (χ2n) is 4.48. The zero-order chi connectivity index (χ0) is 13.4. The quantitative estimate of drug-likeness (QED) is 0.705. The molecule has 1 N–H and O–H groups in total. The zero-order valence-corrected chi connectivity index (χ0v) is 10.4. The van der Waals surface area contributed by atoms with Crippen molar-refractivity contribution >= 4 is 10.9 Å². The Morgan fingerprint density at radius 1 is 1.00 bits per heavy atom. The van der Waals surface area contributed by atoms with Crippen LogP contribution in [-0.4, -0.2) is 4.98 Å². The first-order chi connectivity index (χ1) is 9.18. The van der Waals surface area contributed by atoms with Crippen molar-refractivity contribution in [2.75, 3.05) is 0 Å². The van der Waals surface area contributed by atoms with E-state index in [1.165, 1.54) is 6.07 Å². The highest BCUT2D eigenvalue weighted by molar-refractivity contribution is 5.83. The lowest BCUT2D eigenvalue weighted by Crippen LogP contribution is -2.10. The number of hydrogen-bond acceptors (Lipinski definition) is 1. The highest BCUT2D eigenvalue weighted by Crippen LogP contribution is 2.22. The Morgan fingerprint density at radius 3 is 2.47 bits per heavy atom. The van der Waals surface area contributed by atoms with Gasteiger partial charge in [-0.2, -0.15) is 0 Å². The molecule has 2 aromatic carbocycles. The number of benzene rings is 2. The van der Waals surface area contributed by atoms with Gasteiger partial charge in [0.1, 0.15) is 5.82 Å².